The molecule has 0 aliphatic heterocycles. The smallest absolute Gasteiger partial charge is 0.224 e. The Kier molecular flexibility index (Phi) is 3.70. The van der Waals surface area contributed by atoms with Gasteiger partial charge in [-0.25, -0.2) is 15.0 Å². The predicted octanol–water partition coefficient (Wildman–Crippen LogP) is 3.87. The van der Waals surface area contributed by atoms with Crippen molar-refractivity contribution in [3.8, 4) is 11.6 Å². The van der Waals surface area contributed by atoms with Gasteiger partial charge in [0, 0.05) is 6.07 Å². The molecule has 24 heavy (non-hydrogen) atoms. The van der Waals surface area contributed by atoms with Crippen molar-refractivity contribution in [1.29, 1.82) is 0 Å². The molecule has 3 N–H and O–H groups in total. The van der Waals surface area contributed by atoms with E-state index in [0.717, 1.165) is 5.75 Å². The van der Waals surface area contributed by atoms with Gasteiger partial charge in [0.1, 0.15) is 29.5 Å². The van der Waals surface area contributed by atoms with Gasteiger partial charge in [0.25, 0.3) is 0 Å². The number of nitrogens with two attached hydrogens (primary N) is 1. The summed E-state index contributed by atoms with van der Waals surface area (Å²) in [6, 6.07) is 15.3. The van der Waals surface area contributed by atoms with E-state index in [-0.39, 0.29) is 0 Å². The molecule has 2 aromatic heterocycles. The third kappa shape index (κ3) is 3.43. The highest BCUT2D eigenvalue weighted by molar-refractivity contribution is 5.54. The molecule has 1 fully saturated rings. The van der Waals surface area contributed by atoms with E-state index in [0.29, 0.717) is 29.3 Å². The fourth-order valence-electron chi connectivity index (χ4n) is 2.49. The van der Waals surface area contributed by atoms with Crippen LogP contribution in [0.4, 0.5) is 17.5 Å². The summed E-state index contributed by atoms with van der Waals surface area (Å²) in [4.78, 5) is 12.5. The molecule has 2 heterocycles. The minimum absolute atomic E-state index is 0.447. The SMILES string of the molecule is Nc1cccc(Nc2cc(Oc3cccc(C4CC4)c3)ncn2)n1. The first kappa shape index (κ1) is 14.4. The molecule has 0 unspecified atom stereocenters. The van der Waals surface area contributed by atoms with E-state index in [1.807, 2.05) is 24.3 Å². The van der Waals surface area contributed by atoms with Crippen molar-refractivity contribution in [2.75, 3.05) is 11.1 Å². The van der Waals surface area contributed by atoms with E-state index in [1.165, 1.54) is 24.7 Å². The Morgan fingerprint density at radius 2 is 1.88 bits per heavy atom. The lowest BCUT2D eigenvalue weighted by Crippen LogP contribution is -1.99. The zero-order chi connectivity index (χ0) is 16.4. The highest BCUT2D eigenvalue weighted by Crippen LogP contribution is 2.41. The van der Waals surface area contributed by atoms with E-state index < -0.39 is 0 Å². The molecular formula is C18H17N5O. The van der Waals surface area contributed by atoms with Crippen LogP contribution in [0.3, 0.4) is 0 Å². The summed E-state index contributed by atoms with van der Waals surface area (Å²) in [6.45, 7) is 0. The summed E-state index contributed by atoms with van der Waals surface area (Å²) in [6.07, 6.45) is 3.98. The largest absolute Gasteiger partial charge is 0.439 e. The molecule has 1 aliphatic rings. The standard InChI is InChI=1S/C18H17N5O/c19-15-5-2-6-16(22-15)23-17-10-18(21-11-20-17)24-14-4-1-3-13(9-14)12-7-8-12/h1-6,9-12H,7-8H2,(H3,19,20,21,22,23). The Labute approximate surface area is 139 Å². The molecule has 0 saturated heterocycles. The van der Waals surface area contributed by atoms with E-state index >= 15 is 0 Å². The summed E-state index contributed by atoms with van der Waals surface area (Å²) >= 11 is 0. The Hall–Kier alpha value is -3.15. The Morgan fingerprint density at radius 1 is 1.00 bits per heavy atom. The molecule has 6 heteroatoms. The average molecular weight is 319 g/mol. The zero-order valence-corrected chi connectivity index (χ0v) is 13.0. The maximum Gasteiger partial charge on any atom is 0.224 e. The Bertz CT molecular complexity index is 863. The summed E-state index contributed by atoms with van der Waals surface area (Å²) in [5.74, 6) is 3.61. The van der Waals surface area contributed by atoms with Crippen LogP contribution in [0, 0.1) is 0 Å². The molecule has 0 amide bonds. The summed E-state index contributed by atoms with van der Waals surface area (Å²) in [5.41, 5.74) is 7.00. The van der Waals surface area contributed by atoms with Crippen molar-refractivity contribution < 1.29 is 4.74 Å². The predicted molar refractivity (Wildman–Crippen MR) is 92.5 cm³/mol. The first-order valence-corrected chi connectivity index (χ1v) is 7.86. The minimum atomic E-state index is 0.447. The van der Waals surface area contributed by atoms with Crippen molar-refractivity contribution >= 4 is 17.5 Å². The fraction of sp³-hybridized carbons (Fsp3) is 0.167. The number of nitrogens with one attached hydrogen (secondary N) is 1. The molecule has 1 aliphatic carbocycles. The molecule has 6 nitrogen and oxygen atoms in total. The lowest BCUT2D eigenvalue weighted by molar-refractivity contribution is 0.461. The van der Waals surface area contributed by atoms with Crippen LogP contribution in [-0.4, -0.2) is 15.0 Å². The van der Waals surface area contributed by atoms with Crippen LogP contribution in [-0.2, 0) is 0 Å². The second kappa shape index (κ2) is 6.16. The van der Waals surface area contributed by atoms with E-state index in [2.05, 4.69) is 32.4 Å². The third-order valence-corrected chi connectivity index (χ3v) is 3.80. The van der Waals surface area contributed by atoms with Crippen LogP contribution in [0.1, 0.15) is 24.3 Å². The van der Waals surface area contributed by atoms with Gasteiger partial charge in [-0.3, -0.25) is 0 Å². The number of ether oxygens (including phenoxy) is 1. The van der Waals surface area contributed by atoms with Gasteiger partial charge in [-0.05, 0) is 48.6 Å². The van der Waals surface area contributed by atoms with Gasteiger partial charge in [0.15, 0.2) is 0 Å². The fourth-order valence-corrected chi connectivity index (χ4v) is 2.49. The maximum absolute atomic E-state index is 5.86. The van der Waals surface area contributed by atoms with Crippen LogP contribution in [0.2, 0.25) is 0 Å². The average Bonchev–Trinajstić information content (AvgIpc) is 3.40. The zero-order valence-electron chi connectivity index (χ0n) is 13.0. The molecule has 0 radical (unpaired) electrons. The van der Waals surface area contributed by atoms with E-state index in [9.17, 15) is 0 Å². The molecule has 4 rings (SSSR count). The lowest BCUT2D eigenvalue weighted by Gasteiger charge is -2.08. The van der Waals surface area contributed by atoms with Crippen LogP contribution < -0.4 is 15.8 Å². The number of hydrogen-bond donors (Lipinski definition) is 2. The van der Waals surface area contributed by atoms with E-state index in [4.69, 9.17) is 10.5 Å². The second-order valence-corrected chi connectivity index (χ2v) is 5.76. The van der Waals surface area contributed by atoms with E-state index in [1.54, 1.807) is 12.1 Å². The highest BCUT2D eigenvalue weighted by Gasteiger charge is 2.23. The summed E-state index contributed by atoms with van der Waals surface area (Å²) in [7, 11) is 0. The van der Waals surface area contributed by atoms with Gasteiger partial charge in [-0.15, -0.1) is 0 Å². The van der Waals surface area contributed by atoms with Crippen molar-refractivity contribution in [3.05, 3.63) is 60.4 Å². The quantitative estimate of drug-likeness (QED) is 0.742. The monoisotopic (exact) mass is 319 g/mol. The number of aromatic nitrogens is 3. The number of benzene rings is 1. The third-order valence-electron chi connectivity index (χ3n) is 3.80. The van der Waals surface area contributed by atoms with Gasteiger partial charge in [0.05, 0.1) is 0 Å². The highest BCUT2D eigenvalue weighted by atomic mass is 16.5. The van der Waals surface area contributed by atoms with Gasteiger partial charge in [-0.1, -0.05) is 18.2 Å². The molecular weight excluding hydrogens is 302 g/mol. The van der Waals surface area contributed by atoms with Crippen LogP contribution >= 0.6 is 0 Å². The first-order chi connectivity index (χ1) is 11.8. The van der Waals surface area contributed by atoms with Gasteiger partial charge in [0.2, 0.25) is 5.88 Å². The maximum atomic E-state index is 5.86. The number of rotatable bonds is 5. The van der Waals surface area contributed by atoms with Crippen molar-refractivity contribution in [3.63, 3.8) is 0 Å². The summed E-state index contributed by atoms with van der Waals surface area (Å²) < 4.78 is 5.86. The van der Waals surface area contributed by atoms with Crippen molar-refractivity contribution in [1.82, 2.24) is 15.0 Å². The molecule has 120 valence electrons. The molecule has 3 aromatic rings. The van der Waals surface area contributed by atoms with Crippen molar-refractivity contribution in [2.45, 2.75) is 18.8 Å². The van der Waals surface area contributed by atoms with Crippen LogP contribution in [0.15, 0.2) is 54.9 Å². The number of nitrogens with zero attached hydrogens (tertiary/aromatic N) is 3. The van der Waals surface area contributed by atoms with Crippen molar-refractivity contribution in [2.24, 2.45) is 0 Å². The topological polar surface area (TPSA) is 86.0 Å². The molecule has 1 saturated carbocycles. The van der Waals surface area contributed by atoms with Crippen LogP contribution in [0.5, 0.6) is 11.6 Å². The molecule has 0 spiro atoms. The summed E-state index contributed by atoms with van der Waals surface area (Å²) in [5, 5.41) is 3.09. The number of hydrogen-bond acceptors (Lipinski definition) is 6. The number of nitrogen functional groups attached to an aromatic ring is 1. The molecule has 0 bridgehead atoms. The first-order valence-electron chi connectivity index (χ1n) is 7.86. The molecule has 1 aromatic carbocycles. The van der Waals surface area contributed by atoms with Crippen LogP contribution in [0.25, 0.3) is 0 Å². The number of pyridine rings is 1. The molecule has 0 atom stereocenters. The minimum Gasteiger partial charge on any atom is -0.439 e. The lowest BCUT2D eigenvalue weighted by atomic mass is 10.1. The van der Waals surface area contributed by atoms with Gasteiger partial charge in [-0.2, -0.15) is 0 Å². The number of anilines is 3. The Balaban J connectivity index is 1.51. The van der Waals surface area contributed by atoms with Gasteiger partial charge >= 0.3 is 0 Å². The normalized spacial score (nSPS) is 13.5. The Morgan fingerprint density at radius 3 is 2.71 bits per heavy atom. The van der Waals surface area contributed by atoms with Gasteiger partial charge < -0.3 is 15.8 Å². The second-order valence-electron chi connectivity index (χ2n) is 5.76.